The maximum atomic E-state index is 11.6. The molecule has 1 fully saturated rings. The van der Waals surface area contributed by atoms with Gasteiger partial charge in [-0.3, -0.25) is 20.0 Å². The summed E-state index contributed by atoms with van der Waals surface area (Å²) in [4.78, 5) is 18.4. The molecule has 0 aromatic heterocycles. The van der Waals surface area contributed by atoms with Crippen molar-refractivity contribution in [3.63, 3.8) is 0 Å². The largest absolute Gasteiger partial charge is 0.497 e. The van der Waals surface area contributed by atoms with Gasteiger partial charge in [0.05, 0.1) is 7.11 Å². The number of aldehydes is 1. The van der Waals surface area contributed by atoms with Crippen LogP contribution in [-0.2, 0) is 11.3 Å². The molecule has 3 N–H and O–H groups in total. The van der Waals surface area contributed by atoms with Crippen LogP contribution in [0.4, 0.5) is 11.4 Å². The van der Waals surface area contributed by atoms with E-state index in [0.717, 1.165) is 68.3 Å². The Kier molecular flexibility index (Phi) is 6.69. The molecule has 1 saturated heterocycles. The van der Waals surface area contributed by atoms with E-state index in [2.05, 4.69) is 32.5 Å². The first kappa shape index (κ1) is 21.1. The summed E-state index contributed by atoms with van der Waals surface area (Å²) in [6, 6.07) is 16.2. The third-order valence-corrected chi connectivity index (χ3v) is 5.90. The van der Waals surface area contributed by atoms with Crippen LogP contribution in [0, 0.1) is 0 Å². The smallest absolute Gasteiger partial charge is 0.177 e. The molecule has 0 radical (unpaired) electrons. The minimum absolute atomic E-state index is 0.469. The summed E-state index contributed by atoms with van der Waals surface area (Å²) >= 11 is 0. The number of piperazine rings is 1. The number of methoxy groups -OCH3 is 1. The molecule has 0 bridgehead atoms. The number of anilines is 2. The summed E-state index contributed by atoms with van der Waals surface area (Å²) in [5, 5.41) is 4.44. The van der Waals surface area contributed by atoms with Crippen molar-refractivity contribution in [3.8, 4) is 5.75 Å². The Morgan fingerprint density at radius 2 is 1.90 bits per heavy atom. The van der Waals surface area contributed by atoms with E-state index in [-0.39, 0.29) is 0 Å². The quantitative estimate of drug-likeness (QED) is 0.625. The zero-order valence-electron chi connectivity index (χ0n) is 17.9. The van der Waals surface area contributed by atoms with Gasteiger partial charge in [-0.05, 0) is 29.8 Å². The van der Waals surface area contributed by atoms with E-state index in [4.69, 9.17) is 10.5 Å². The maximum absolute atomic E-state index is 11.6. The number of carbonyl (C=O) groups excluding carboxylic acids is 1. The van der Waals surface area contributed by atoms with Gasteiger partial charge in [-0.2, -0.15) is 5.10 Å². The Labute approximate surface area is 183 Å². The van der Waals surface area contributed by atoms with Gasteiger partial charge < -0.3 is 15.4 Å². The second-order valence-electron chi connectivity index (χ2n) is 7.76. The van der Waals surface area contributed by atoms with Crippen LogP contribution in [0.2, 0.25) is 0 Å². The SMILES string of the molecule is COc1cccc(N2CCN(CCC3=NNC(C=O)N3c3ccc(CN)cc3)CC2)c1. The first-order valence-corrected chi connectivity index (χ1v) is 10.7. The van der Waals surface area contributed by atoms with Gasteiger partial charge in [0.25, 0.3) is 0 Å². The molecule has 0 saturated carbocycles. The molecular weight excluding hydrogens is 392 g/mol. The van der Waals surface area contributed by atoms with Gasteiger partial charge in [0.2, 0.25) is 0 Å². The Hall–Kier alpha value is -3.10. The van der Waals surface area contributed by atoms with E-state index in [1.807, 2.05) is 41.3 Å². The zero-order valence-corrected chi connectivity index (χ0v) is 17.9. The first-order valence-electron chi connectivity index (χ1n) is 10.7. The summed E-state index contributed by atoms with van der Waals surface area (Å²) in [6.45, 7) is 5.31. The van der Waals surface area contributed by atoms with E-state index in [9.17, 15) is 4.79 Å². The Morgan fingerprint density at radius 3 is 2.58 bits per heavy atom. The molecule has 2 aliphatic heterocycles. The van der Waals surface area contributed by atoms with Crippen molar-refractivity contribution < 1.29 is 9.53 Å². The van der Waals surface area contributed by atoms with Crippen LogP contribution in [0.1, 0.15) is 12.0 Å². The van der Waals surface area contributed by atoms with Crippen molar-refractivity contribution in [2.75, 3.05) is 49.6 Å². The highest BCUT2D eigenvalue weighted by molar-refractivity contribution is 6.02. The van der Waals surface area contributed by atoms with Crippen LogP contribution in [0.15, 0.2) is 53.6 Å². The second-order valence-corrected chi connectivity index (χ2v) is 7.76. The number of benzene rings is 2. The molecule has 8 heteroatoms. The fourth-order valence-electron chi connectivity index (χ4n) is 4.08. The lowest BCUT2D eigenvalue weighted by atomic mass is 10.1. The number of nitrogens with zero attached hydrogens (tertiary/aromatic N) is 4. The van der Waals surface area contributed by atoms with Gasteiger partial charge in [-0.15, -0.1) is 0 Å². The molecule has 0 spiro atoms. The molecule has 164 valence electrons. The summed E-state index contributed by atoms with van der Waals surface area (Å²) in [6.07, 6.45) is 1.19. The van der Waals surface area contributed by atoms with Gasteiger partial charge in [0, 0.05) is 63.1 Å². The highest BCUT2D eigenvalue weighted by atomic mass is 16.5. The second kappa shape index (κ2) is 9.80. The third-order valence-electron chi connectivity index (χ3n) is 5.90. The molecule has 2 heterocycles. The Bertz CT molecular complexity index is 909. The van der Waals surface area contributed by atoms with Crippen molar-refractivity contribution in [1.29, 1.82) is 0 Å². The van der Waals surface area contributed by atoms with E-state index in [1.54, 1.807) is 7.11 Å². The highest BCUT2D eigenvalue weighted by Crippen LogP contribution is 2.24. The lowest BCUT2D eigenvalue weighted by molar-refractivity contribution is -0.109. The van der Waals surface area contributed by atoms with Crippen LogP contribution in [0.25, 0.3) is 0 Å². The van der Waals surface area contributed by atoms with E-state index < -0.39 is 6.17 Å². The topological polar surface area (TPSA) is 86.4 Å². The Balaban J connectivity index is 1.33. The summed E-state index contributed by atoms with van der Waals surface area (Å²) in [7, 11) is 1.70. The Morgan fingerprint density at radius 1 is 1.13 bits per heavy atom. The number of nitrogens with two attached hydrogens (primary N) is 1. The molecule has 2 aromatic carbocycles. The standard InChI is InChI=1S/C23H30N6O2/c1-31-21-4-2-3-20(15-21)28-13-11-27(12-14-28)10-9-22-25-26-23(17-30)29(22)19-7-5-18(16-24)6-8-19/h2-8,15,17,23,26H,9-14,16,24H2,1H3. The predicted molar refractivity (Wildman–Crippen MR) is 123 cm³/mol. The third kappa shape index (κ3) is 4.81. The van der Waals surface area contributed by atoms with Crippen LogP contribution >= 0.6 is 0 Å². The number of carbonyl (C=O) groups is 1. The van der Waals surface area contributed by atoms with Crippen LogP contribution in [-0.4, -0.2) is 63.0 Å². The van der Waals surface area contributed by atoms with Gasteiger partial charge >= 0.3 is 0 Å². The fraction of sp³-hybridized carbons (Fsp3) is 0.391. The molecule has 0 amide bonds. The number of hydrazone groups is 1. The molecule has 8 nitrogen and oxygen atoms in total. The molecule has 2 aromatic rings. The number of nitrogens with one attached hydrogen (secondary N) is 1. The summed E-state index contributed by atoms with van der Waals surface area (Å²) < 4.78 is 5.35. The van der Waals surface area contributed by atoms with Crippen molar-refractivity contribution in [3.05, 3.63) is 54.1 Å². The number of hydrogen-bond donors (Lipinski definition) is 2. The number of rotatable bonds is 8. The van der Waals surface area contributed by atoms with Crippen LogP contribution in [0.5, 0.6) is 5.75 Å². The zero-order chi connectivity index (χ0) is 21.6. The van der Waals surface area contributed by atoms with Crippen LogP contribution in [0.3, 0.4) is 0 Å². The van der Waals surface area contributed by atoms with E-state index in [1.165, 1.54) is 5.69 Å². The lowest BCUT2D eigenvalue weighted by Gasteiger charge is -2.36. The average molecular weight is 423 g/mol. The molecule has 1 unspecified atom stereocenters. The van der Waals surface area contributed by atoms with Gasteiger partial charge in [-0.1, -0.05) is 18.2 Å². The van der Waals surface area contributed by atoms with Crippen molar-refractivity contribution >= 4 is 23.5 Å². The predicted octanol–water partition coefficient (Wildman–Crippen LogP) is 1.61. The van der Waals surface area contributed by atoms with Crippen LogP contribution < -0.4 is 25.7 Å². The molecule has 31 heavy (non-hydrogen) atoms. The molecule has 4 rings (SSSR count). The summed E-state index contributed by atoms with van der Waals surface area (Å²) in [5.41, 5.74) is 11.9. The van der Waals surface area contributed by atoms with Crippen molar-refractivity contribution in [1.82, 2.24) is 10.3 Å². The van der Waals surface area contributed by atoms with Crippen molar-refractivity contribution in [2.24, 2.45) is 10.8 Å². The minimum atomic E-state index is -0.469. The lowest BCUT2D eigenvalue weighted by Crippen LogP contribution is -2.48. The number of ether oxygens (including phenoxy) is 1. The van der Waals surface area contributed by atoms with Gasteiger partial charge in [0.15, 0.2) is 12.5 Å². The molecule has 2 aliphatic rings. The normalized spacial score (nSPS) is 19.2. The molecule has 1 atom stereocenters. The maximum Gasteiger partial charge on any atom is 0.177 e. The van der Waals surface area contributed by atoms with Gasteiger partial charge in [0.1, 0.15) is 11.6 Å². The first-order chi connectivity index (χ1) is 15.2. The van der Waals surface area contributed by atoms with Gasteiger partial charge in [-0.25, -0.2) is 0 Å². The fourth-order valence-corrected chi connectivity index (χ4v) is 4.08. The highest BCUT2D eigenvalue weighted by Gasteiger charge is 2.29. The van der Waals surface area contributed by atoms with Crippen molar-refractivity contribution in [2.45, 2.75) is 19.1 Å². The number of amidine groups is 1. The van der Waals surface area contributed by atoms with E-state index in [0.29, 0.717) is 6.54 Å². The number of hydrogen-bond acceptors (Lipinski definition) is 8. The summed E-state index contributed by atoms with van der Waals surface area (Å²) in [5.74, 6) is 1.77. The van der Waals surface area contributed by atoms with E-state index >= 15 is 0 Å². The molecular formula is C23H30N6O2. The average Bonchev–Trinajstić information content (AvgIpc) is 3.26. The monoisotopic (exact) mass is 422 g/mol. The molecule has 0 aliphatic carbocycles. The minimum Gasteiger partial charge on any atom is -0.497 e.